The van der Waals surface area contributed by atoms with Crippen LogP contribution in [0.15, 0.2) is 34.0 Å². The van der Waals surface area contributed by atoms with E-state index in [1.165, 1.54) is 47.4 Å². The third kappa shape index (κ3) is 4.28. The largest absolute Gasteiger partial charge is 0.435 e. The Morgan fingerprint density at radius 2 is 2.10 bits per heavy atom. The summed E-state index contributed by atoms with van der Waals surface area (Å²) in [5.41, 5.74) is 1.39. The minimum atomic E-state index is -2.86. The first-order valence-electron chi connectivity index (χ1n) is 5.67. The van der Waals surface area contributed by atoms with Crippen LogP contribution in [0.3, 0.4) is 0 Å². The molecule has 0 amide bonds. The molecule has 0 fully saturated rings. The number of aryl methyl sites for hydroxylation is 1. The first-order valence-corrected chi connectivity index (χ1v) is 7.54. The molecule has 0 aliphatic heterocycles. The summed E-state index contributed by atoms with van der Waals surface area (Å²) in [4.78, 5) is 16.2. The second kappa shape index (κ2) is 6.81. The molecule has 0 N–H and O–H groups in total. The Morgan fingerprint density at radius 1 is 1.40 bits per heavy atom. The fourth-order valence-electron chi connectivity index (χ4n) is 1.43. The van der Waals surface area contributed by atoms with Crippen molar-refractivity contribution in [3.8, 4) is 5.75 Å². The van der Waals surface area contributed by atoms with Gasteiger partial charge in [-0.05, 0) is 31.2 Å². The number of carbonyl (C=O) groups excluding carboxylic acids is 1. The molecule has 0 saturated heterocycles. The number of carbonyl (C=O) groups is 1. The summed E-state index contributed by atoms with van der Waals surface area (Å²) in [6, 6.07) is 5.68. The molecule has 0 saturated carbocycles. The fraction of sp³-hybridized carbons (Fsp3) is 0.231. The smallest absolute Gasteiger partial charge is 0.387 e. The number of rotatable bonds is 6. The van der Waals surface area contributed by atoms with Crippen molar-refractivity contribution in [3.05, 3.63) is 40.9 Å². The van der Waals surface area contributed by atoms with E-state index in [1.807, 2.05) is 12.3 Å². The lowest BCUT2D eigenvalue weighted by Crippen LogP contribution is -2.04. The van der Waals surface area contributed by atoms with Gasteiger partial charge in [0.1, 0.15) is 5.75 Å². The zero-order chi connectivity index (χ0) is 14.5. The predicted molar refractivity (Wildman–Crippen MR) is 75.0 cm³/mol. The molecule has 0 unspecified atom stereocenters. The quantitative estimate of drug-likeness (QED) is 0.596. The third-order valence-corrected chi connectivity index (χ3v) is 4.47. The first kappa shape index (κ1) is 14.9. The van der Waals surface area contributed by atoms with Crippen molar-refractivity contribution < 1.29 is 18.3 Å². The van der Waals surface area contributed by atoms with Gasteiger partial charge in [0.2, 0.25) is 0 Å². The molecule has 0 aliphatic carbocycles. The maximum Gasteiger partial charge on any atom is 0.387 e. The van der Waals surface area contributed by atoms with Crippen molar-refractivity contribution in [1.29, 1.82) is 0 Å². The minimum absolute atomic E-state index is 0.0414. The zero-order valence-electron chi connectivity index (χ0n) is 10.5. The summed E-state index contributed by atoms with van der Waals surface area (Å²) in [5, 5.41) is 1.92. The Bertz CT molecular complexity index is 584. The molecule has 0 bridgehead atoms. The van der Waals surface area contributed by atoms with Gasteiger partial charge in [0.25, 0.3) is 0 Å². The molecule has 0 atom stereocenters. The van der Waals surface area contributed by atoms with E-state index in [0.717, 1.165) is 10.0 Å². The van der Waals surface area contributed by atoms with E-state index in [9.17, 15) is 13.6 Å². The highest BCUT2D eigenvalue weighted by molar-refractivity contribution is 8.01. The summed E-state index contributed by atoms with van der Waals surface area (Å²) >= 11 is 2.86. The number of aromatic nitrogens is 1. The van der Waals surface area contributed by atoms with Crippen molar-refractivity contribution in [2.75, 3.05) is 5.75 Å². The van der Waals surface area contributed by atoms with Gasteiger partial charge in [-0.15, -0.1) is 11.3 Å². The van der Waals surface area contributed by atoms with E-state index in [1.54, 1.807) is 0 Å². The molecule has 2 rings (SSSR count). The van der Waals surface area contributed by atoms with Gasteiger partial charge in [0.05, 0.1) is 5.75 Å². The highest BCUT2D eigenvalue weighted by Crippen LogP contribution is 2.23. The third-order valence-electron chi connectivity index (χ3n) is 2.33. The Kier molecular flexibility index (Phi) is 5.08. The number of hydrogen-bond acceptors (Lipinski definition) is 5. The summed E-state index contributed by atoms with van der Waals surface area (Å²) in [6.45, 7) is -0.968. The van der Waals surface area contributed by atoms with Crippen LogP contribution in [-0.4, -0.2) is 23.1 Å². The predicted octanol–water partition coefficient (Wildman–Crippen LogP) is 4.03. The Labute approximate surface area is 123 Å². The van der Waals surface area contributed by atoms with E-state index in [2.05, 4.69) is 9.72 Å². The Hall–Kier alpha value is -1.47. The highest BCUT2D eigenvalue weighted by atomic mass is 32.2. The SMILES string of the molecule is Cc1csc(SCC(=O)c2ccc(OC(F)F)cc2)n1. The van der Waals surface area contributed by atoms with Crippen molar-refractivity contribution >= 4 is 28.9 Å². The van der Waals surface area contributed by atoms with Crippen LogP contribution in [0, 0.1) is 6.92 Å². The van der Waals surface area contributed by atoms with Crippen molar-refractivity contribution in [2.45, 2.75) is 17.9 Å². The maximum absolute atomic E-state index is 12.0. The topological polar surface area (TPSA) is 39.2 Å². The number of thiazole rings is 1. The lowest BCUT2D eigenvalue weighted by atomic mass is 10.1. The van der Waals surface area contributed by atoms with Gasteiger partial charge in [-0.25, -0.2) is 4.98 Å². The molecular formula is C13H11F2NO2S2. The first-order chi connectivity index (χ1) is 9.54. The van der Waals surface area contributed by atoms with Gasteiger partial charge in [0.15, 0.2) is 10.1 Å². The van der Waals surface area contributed by atoms with E-state index < -0.39 is 6.61 Å². The molecule has 0 spiro atoms. The van der Waals surface area contributed by atoms with E-state index >= 15 is 0 Å². The minimum Gasteiger partial charge on any atom is -0.435 e. The molecule has 2 aromatic rings. The second-order valence-corrected chi connectivity index (χ2v) is 5.95. The number of thioether (sulfide) groups is 1. The van der Waals surface area contributed by atoms with E-state index in [-0.39, 0.29) is 17.3 Å². The molecule has 0 radical (unpaired) electrons. The lowest BCUT2D eigenvalue weighted by Gasteiger charge is -2.05. The fourth-order valence-corrected chi connectivity index (χ4v) is 3.18. The van der Waals surface area contributed by atoms with Crippen molar-refractivity contribution in [1.82, 2.24) is 4.98 Å². The molecule has 1 aromatic heterocycles. The molecule has 1 aromatic carbocycles. The highest BCUT2D eigenvalue weighted by Gasteiger charge is 2.10. The number of hydrogen-bond donors (Lipinski definition) is 0. The van der Waals surface area contributed by atoms with E-state index in [4.69, 9.17) is 0 Å². The van der Waals surface area contributed by atoms with Crippen LogP contribution < -0.4 is 4.74 Å². The van der Waals surface area contributed by atoms with Gasteiger partial charge < -0.3 is 4.74 Å². The van der Waals surface area contributed by atoms with Crippen LogP contribution in [-0.2, 0) is 0 Å². The van der Waals surface area contributed by atoms with Gasteiger partial charge in [-0.3, -0.25) is 4.79 Å². The Morgan fingerprint density at radius 3 is 2.65 bits per heavy atom. The summed E-state index contributed by atoms with van der Waals surface area (Å²) in [6.07, 6.45) is 0. The standard InChI is InChI=1S/C13H11F2NO2S2/c1-8-6-19-13(16-8)20-7-11(17)9-2-4-10(5-3-9)18-12(14)15/h2-6,12H,7H2,1H3. The maximum atomic E-state index is 12.0. The lowest BCUT2D eigenvalue weighted by molar-refractivity contribution is -0.0498. The number of halogens is 2. The number of alkyl halides is 2. The monoisotopic (exact) mass is 315 g/mol. The van der Waals surface area contributed by atoms with Crippen LogP contribution in [0.1, 0.15) is 16.1 Å². The summed E-state index contributed by atoms with van der Waals surface area (Å²) in [5.74, 6) is 0.230. The van der Waals surface area contributed by atoms with Crippen LogP contribution >= 0.6 is 23.1 Å². The summed E-state index contributed by atoms with van der Waals surface area (Å²) in [7, 11) is 0. The van der Waals surface area contributed by atoms with Crippen molar-refractivity contribution in [2.24, 2.45) is 0 Å². The number of nitrogens with zero attached hydrogens (tertiary/aromatic N) is 1. The zero-order valence-corrected chi connectivity index (χ0v) is 12.1. The molecule has 20 heavy (non-hydrogen) atoms. The number of ketones is 1. The van der Waals surface area contributed by atoms with Crippen LogP contribution in [0.5, 0.6) is 5.75 Å². The molecular weight excluding hydrogens is 304 g/mol. The summed E-state index contributed by atoms with van der Waals surface area (Å²) < 4.78 is 29.0. The van der Waals surface area contributed by atoms with Gasteiger partial charge in [-0.2, -0.15) is 8.78 Å². The normalized spacial score (nSPS) is 10.8. The van der Waals surface area contributed by atoms with Gasteiger partial charge in [-0.1, -0.05) is 11.8 Å². The Balaban J connectivity index is 1.92. The average Bonchev–Trinajstić information content (AvgIpc) is 2.82. The molecule has 3 nitrogen and oxygen atoms in total. The van der Waals surface area contributed by atoms with Gasteiger partial charge in [0, 0.05) is 16.6 Å². The van der Waals surface area contributed by atoms with Crippen molar-refractivity contribution in [3.63, 3.8) is 0 Å². The number of ether oxygens (including phenoxy) is 1. The molecule has 0 aliphatic rings. The second-order valence-electron chi connectivity index (χ2n) is 3.87. The van der Waals surface area contributed by atoms with Gasteiger partial charge >= 0.3 is 6.61 Å². The van der Waals surface area contributed by atoms with E-state index in [0.29, 0.717) is 5.56 Å². The van der Waals surface area contributed by atoms with Crippen LogP contribution in [0.4, 0.5) is 8.78 Å². The van der Waals surface area contributed by atoms with Crippen LogP contribution in [0.2, 0.25) is 0 Å². The number of benzene rings is 1. The molecule has 1 heterocycles. The van der Waals surface area contributed by atoms with Crippen LogP contribution in [0.25, 0.3) is 0 Å². The molecule has 7 heteroatoms. The molecule has 106 valence electrons. The average molecular weight is 315 g/mol. The number of Topliss-reactive ketones (excluding diaryl/α,β-unsaturated/α-hetero) is 1.